The maximum atomic E-state index is 13.1. The van der Waals surface area contributed by atoms with E-state index < -0.39 is 0 Å². The van der Waals surface area contributed by atoms with Crippen LogP contribution in [0.1, 0.15) is 5.56 Å². The fourth-order valence-corrected chi connectivity index (χ4v) is 5.13. The van der Waals surface area contributed by atoms with Crippen LogP contribution in [0.5, 0.6) is 23.0 Å². The third-order valence-corrected chi connectivity index (χ3v) is 7.25. The summed E-state index contributed by atoms with van der Waals surface area (Å²) in [5.41, 5.74) is 2.75. The molecule has 3 aromatic carbocycles. The van der Waals surface area contributed by atoms with Gasteiger partial charge >= 0.3 is 0 Å². The molecule has 1 amide bonds. The summed E-state index contributed by atoms with van der Waals surface area (Å²) in [6.45, 7) is 6.65. The number of anilines is 1. The van der Waals surface area contributed by atoms with Gasteiger partial charge in [0.15, 0.2) is 11.5 Å². The molecule has 0 saturated carbocycles. The predicted molar refractivity (Wildman–Crippen MR) is 159 cm³/mol. The van der Waals surface area contributed by atoms with Crippen LogP contribution in [0, 0.1) is 0 Å². The number of aromatic nitrogens is 3. The molecule has 1 aliphatic rings. The number of rotatable bonds is 9. The Balaban J connectivity index is 1.08. The number of carbonyl (C=O) groups excluding carboxylic acids is 1. The minimum absolute atomic E-state index is 0.105. The molecule has 208 valence electrons. The van der Waals surface area contributed by atoms with Crippen LogP contribution in [0.25, 0.3) is 21.8 Å². The molecular formula is C32H31N5O4. The molecule has 9 nitrogen and oxygen atoms in total. The van der Waals surface area contributed by atoms with Gasteiger partial charge in [0.25, 0.3) is 0 Å². The smallest absolute Gasteiger partial charge is 0.227 e. The molecule has 2 aromatic heterocycles. The van der Waals surface area contributed by atoms with E-state index in [0.717, 1.165) is 44.7 Å². The molecule has 1 saturated heterocycles. The fourth-order valence-electron chi connectivity index (χ4n) is 5.13. The Labute approximate surface area is 238 Å². The SMILES string of the molecule is C=CCOc1cc2ncnc(N3CCN(C(=O)Cc4ccc(Oc5cccc6[nH]ccc56)cc4)CC3)c2cc1OC. The minimum atomic E-state index is 0.105. The van der Waals surface area contributed by atoms with E-state index in [4.69, 9.17) is 14.2 Å². The van der Waals surface area contributed by atoms with E-state index in [1.807, 2.05) is 71.8 Å². The molecule has 0 unspecified atom stereocenters. The lowest BCUT2D eigenvalue weighted by Crippen LogP contribution is -2.49. The second kappa shape index (κ2) is 11.6. The summed E-state index contributed by atoms with van der Waals surface area (Å²) in [5.74, 6) is 3.67. The van der Waals surface area contributed by atoms with Crippen molar-refractivity contribution in [1.82, 2.24) is 19.9 Å². The van der Waals surface area contributed by atoms with E-state index in [1.165, 1.54) is 0 Å². The highest BCUT2D eigenvalue weighted by Crippen LogP contribution is 2.35. The summed E-state index contributed by atoms with van der Waals surface area (Å²) >= 11 is 0. The molecule has 1 fully saturated rings. The van der Waals surface area contributed by atoms with E-state index in [-0.39, 0.29) is 5.91 Å². The minimum Gasteiger partial charge on any atom is -0.493 e. The molecule has 6 rings (SSSR count). The lowest BCUT2D eigenvalue weighted by molar-refractivity contribution is -0.130. The third kappa shape index (κ3) is 5.51. The Kier molecular flexibility index (Phi) is 7.40. The number of fused-ring (bicyclic) bond motifs is 2. The van der Waals surface area contributed by atoms with Crippen LogP contribution in [0.4, 0.5) is 5.82 Å². The quantitative estimate of drug-likeness (QED) is 0.247. The Hall–Kier alpha value is -5.05. The van der Waals surface area contributed by atoms with Gasteiger partial charge in [-0.25, -0.2) is 9.97 Å². The number of nitrogens with zero attached hydrogens (tertiary/aromatic N) is 4. The Morgan fingerprint density at radius 1 is 0.976 bits per heavy atom. The van der Waals surface area contributed by atoms with Crippen molar-refractivity contribution in [3.8, 4) is 23.0 Å². The molecule has 0 aliphatic carbocycles. The van der Waals surface area contributed by atoms with Gasteiger partial charge in [-0.2, -0.15) is 0 Å². The number of H-pyrrole nitrogens is 1. The number of hydrogen-bond donors (Lipinski definition) is 1. The number of benzene rings is 3. The lowest BCUT2D eigenvalue weighted by atomic mass is 10.1. The fraction of sp³-hybridized carbons (Fsp3) is 0.219. The summed E-state index contributed by atoms with van der Waals surface area (Å²) in [6.07, 6.45) is 5.49. The number of carbonyl (C=O) groups is 1. The molecule has 9 heteroatoms. The monoisotopic (exact) mass is 549 g/mol. The van der Waals surface area contributed by atoms with Gasteiger partial charge in [-0.3, -0.25) is 4.79 Å². The van der Waals surface area contributed by atoms with Crippen LogP contribution < -0.4 is 19.1 Å². The van der Waals surface area contributed by atoms with Crippen molar-refractivity contribution >= 4 is 33.5 Å². The van der Waals surface area contributed by atoms with Gasteiger partial charge in [-0.1, -0.05) is 30.9 Å². The summed E-state index contributed by atoms with van der Waals surface area (Å²) in [7, 11) is 1.61. The third-order valence-electron chi connectivity index (χ3n) is 7.25. The number of piperazine rings is 1. The van der Waals surface area contributed by atoms with E-state index in [2.05, 4.69) is 26.4 Å². The van der Waals surface area contributed by atoms with Crippen molar-refractivity contribution < 1.29 is 19.0 Å². The lowest BCUT2D eigenvalue weighted by Gasteiger charge is -2.36. The highest BCUT2D eigenvalue weighted by molar-refractivity contribution is 5.92. The van der Waals surface area contributed by atoms with Gasteiger partial charge in [-0.15, -0.1) is 0 Å². The first kappa shape index (κ1) is 26.2. The number of aromatic amines is 1. The first-order valence-electron chi connectivity index (χ1n) is 13.5. The predicted octanol–water partition coefficient (Wildman–Crippen LogP) is 5.37. The molecule has 5 aromatic rings. The van der Waals surface area contributed by atoms with Gasteiger partial charge in [0.05, 0.1) is 19.0 Å². The first-order chi connectivity index (χ1) is 20.1. The first-order valence-corrected chi connectivity index (χ1v) is 13.5. The summed E-state index contributed by atoms with van der Waals surface area (Å²) in [6, 6.07) is 19.4. The number of hydrogen-bond acceptors (Lipinski definition) is 7. The molecule has 1 aliphatic heterocycles. The van der Waals surface area contributed by atoms with Crippen molar-refractivity contribution in [3.05, 3.63) is 91.4 Å². The summed E-state index contributed by atoms with van der Waals surface area (Å²) in [5, 5.41) is 1.91. The van der Waals surface area contributed by atoms with Crippen LogP contribution in [-0.4, -0.2) is 65.7 Å². The van der Waals surface area contributed by atoms with Crippen molar-refractivity contribution in [3.63, 3.8) is 0 Å². The average molecular weight is 550 g/mol. The summed E-state index contributed by atoms with van der Waals surface area (Å²) < 4.78 is 17.4. The van der Waals surface area contributed by atoms with Crippen molar-refractivity contribution in [2.24, 2.45) is 0 Å². The topological polar surface area (TPSA) is 92.8 Å². The second-order valence-corrected chi connectivity index (χ2v) is 9.80. The van der Waals surface area contributed by atoms with E-state index in [0.29, 0.717) is 50.7 Å². The molecule has 0 atom stereocenters. The van der Waals surface area contributed by atoms with Gasteiger partial charge in [0, 0.05) is 54.7 Å². The molecule has 1 N–H and O–H groups in total. The second-order valence-electron chi connectivity index (χ2n) is 9.80. The van der Waals surface area contributed by atoms with Crippen LogP contribution in [0.15, 0.2) is 85.8 Å². The molecule has 0 radical (unpaired) electrons. The Morgan fingerprint density at radius 2 is 1.80 bits per heavy atom. The Morgan fingerprint density at radius 3 is 2.59 bits per heavy atom. The number of nitrogens with one attached hydrogen (secondary N) is 1. The standard InChI is InChI=1S/C32H31N5O4/c1-3-17-40-30-20-27-25(19-29(30)39-2)32(35-21-34-27)37-15-13-36(14-16-37)31(38)18-22-7-9-23(10-8-22)41-28-6-4-5-26-24(28)11-12-33-26/h3-12,19-21,33H,1,13-18H2,2H3. The average Bonchev–Trinajstić information content (AvgIpc) is 3.50. The molecule has 3 heterocycles. The molecule has 0 spiro atoms. The van der Waals surface area contributed by atoms with Gasteiger partial charge in [-0.05, 0) is 42.0 Å². The number of methoxy groups -OCH3 is 1. The number of ether oxygens (including phenoxy) is 3. The zero-order valence-corrected chi connectivity index (χ0v) is 22.9. The summed E-state index contributed by atoms with van der Waals surface area (Å²) in [4.78, 5) is 29.4. The zero-order chi connectivity index (χ0) is 28.2. The van der Waals surface area contributed by atoms with Crippen molar-refractivity contribution in [2.75, 3.05) is 44.8 Å². The van der Waals surface area contributed by atoms with Crippen LogP contribution in [0.3, 0.4) is 0 Å². The van der Waals surface area contributed by atoms with Crippen LogP contribution in [-0.2, 0) is 11.2 Å². The van der Waals surface area contributed by atoms with E-state index in [1.54, 1.807) is 19.5 Å². The zero-order valence-electron chi connectivity index (χ0n) is 22.9. The Bertz CT molecular complexity index is 1690. The highest BCUT2D eigenvalue weighted by Gasteiger charge is 2.24. The van der Waals surface area contributed by atoms with Crippen molar-refractivity contribution in [1.29, 1.82) is 0 Å². The van der Waals surface area contributed by atoms with Crippen LogP contribution in [0.2, 0.25) is 0 Å². The molecule has 0 bridgehead atoms. The number of amides is 1. The maximum Gasteiger partial charge on any atom is 0.227 e. The molecular weight excluding hydrogens is 518 g/mol. The maximum absolute atomic E-state index is 13.1. The largest absolute Gasteiger partial charge is 0.493 e. The van der Waals surface area contributed by atoms with E-state index >= 15 is 0 Å². The van der Waals surface area contributed by atoms with Gasteiger partial charge < -0.3 is 29.0 Å². The van der Waals surface area contributed by atoms with Gasteiger partial charge in [0.1, 0.15) is 30.3 Å². The van der Waals surface area contributed by atoms with E-state index in [9.17, 15) is 4.79 Å². The highest BCUT2D eigenvalue weighted by atomic mass is 16.5. The van der Waals surface area contributed by atoms with Crippen LogP contribution >= 0.6 is 0 Å². The van der Waals surface area contributed by atoms with Crippen molar-refractivity contribution in [2.45, 2.75) is 6.42 Å². The van der Waals surface area contributed by atoms with Gasteiger partial charge in [0.2, 0.25) is 5.91 Å². The normalized spacial score (nSPS) is 13.4. The molecule has 41 heavy (non-hydrogen) atoms.